The van der Waals surface area contributed by atoms with Gasteiger partial charge in [0.05, 0.1) is 0 Å². The second kappa shape index (κ2) is 8.01. The summed E-state index contributed by atoms with van der Waals surface area (Å²) in [6, 6.07) is 17.4. The first-order valence-corrected chi connectivity index (χ1v) is 7.88. The third-order valence-corrected chi connectivity index (χ3v) is 3.59. The molecule has 1 heterocycles. The maximum atomic E-state index is 13.6. The largest absolute Gasteiger partial charge is 0.370 e. The molecule has 5 nitrogen and oxygen atoms in total. The number of para-hydroxylation sites is 1. The fourth-order valence-corrected chi connectivity index (χ4v) is 2.32. The molecule has 25 heavy (non-hydrogen) atoms. The monoisotopic (exact) mass is 336 g/mol. The maximum absolute atomic E-state index is 13.6. The minimum absolute atomic E-state index is 0.227. The van der Waals surface area contributed by atoms with E-state index in [1.54, 1.807) is 36.4 Å². The van der Waals surface area contributed by atoms with Crippen molar-refractivity contribution in [1.29, 1.82) is 0 Å². The number of aromatic nitrogens is 2. The van der Waals surface area contributed by atoms with Gasteiger partial charge in [-0.25, -0.2) is 14.4 Å². The highest BCUT2D eigenvalue weighted by atomic mass is 19.1. The van der Waals surface area contributed by atoms with Gasteiger partial charge in [0.25, 0.3) is 5.91 Å². The number of carbonyl (C=O) groups is 1. The lowest BCUT2D eigenvalue weighted by Crippen LogP contribution is -2.15. The Kier molecular flexibility index (Phi) is 5.31. The average molecular weight is 336 g/mol. The van der Waals surface area contributed by atoms with Crippen molar-refractivity contribution in [2.24, 2.45) is 0 Å². The third kappa shape index (κ3) is 4.60. The molecule has 0 aliphatic carbocycles. The van der Waals surface area contributed by atoms with Crippen LogP contribution in [0.5, 0.6) is 0 Å². The highest BCUT2D eigenvalue weighted by molar-refractivity contribution is 6.03. The van der Waals surface area contributed by atoms with Gasteiger partial charge in [-0.3, -0.25) is 4.79 Å². The summed E-state index contributed by atoms with van der Waals surface area (Å²) in [6.07, 6.45) is 1.84. The van der Waals surface area contributed by atoms with E-state index in [1.165, 1.54) is 12.4 Å². The van der Waals surface area contributed by atoms with Gasteiger partial charge < -0.3 is 10.6 Å². The van der Waals surface area contributed by atoms with Crippen LogP contribution >= 0.6 is 0 Å². The van der Waals surface area contributed by atoms with Gasteiger partial charge in [-0.2, -0.15) is 0 Å². The summed E-state index contributed by atoms with van der Waals surface area (Å²) < 4.78 is 13.6. The zero-order valence-electron chi connectivity index (χ0n) is 13.4. The Labute approximate surface area is 145 Å². The highest BCUT2D eigenvalue weighted by Crippen LogP contribution is 2.11. The average Bonchev–Trinajstić information content (AvgIpc) is 2.64. The topological polar surface area (TPSA) is 66.9 Å². The molecular weight excluding hydrogens is 319 g/mol. The standard InChI is InChI=1S/C19H17FN4O/c20-16-9-5-4-6-14(16)10-11-21-18-12-17(22-13-23-18)19(25)24-15-7-2-1-3-8-15/h1-9,12-13H,10-11H2,(H,24,25)(H,21,22,23). The van der Waals surface area contributed by atoms with Crippen molar-refractivity contribution in [3.63, 3.8) is 0 Å². The van der Waals surface area contributed by atoms with Crippen molar-refractivity contribution in [3.8, 4) is 0 Å². The molecule has 3 rings (SSSR count). The predicted octanol–water partition coefficient (Wildman–Crippen LogP) is 3.52. The van der Waals surface area contributed by atoms with E-state index in [1.807, 2.05) is 18.2 Å². The summed E-state index contributed by atoms with van der Waals surface area (Å²) in [5, 5.41) is 5.85. The summed E-state index contributed by atoms with van der Waals surface area (Å²) in [5.41, 5.74) is 1.58. The summed E-state index contributed by atoms with van der Waals surface area (Å²) in [4.78, 5) is 20.3. The number of hydrogen-bond donors (Lipinski definition) is 2. The summed E-state index contributed by atoms with van der Waals surface area (Å²) in [5.74, 6) is -0.0229. The molecule has 126 valence electrons. The van der Waals surface area contributed by atoms with E-state index in [0.29, 0.717) is 30.0 Å². The van der Waals surface area contributed by atoms with Crippen LogP contribution in [0.25, 0.3) is 0 Å². The molecule has 6 heteroatoms. The van der Waals surface area contributed by atoms with E-state index in [-0.39, 0.29) is 17.4 Å². The Morgan fingerprint density at radius 3 is 2.56 bits per heavy atom. The number of nitrogens with one attached hydrogen (secondary N) is 2. The molecule has 3 aromatic rings. The van der Waals surface area contributed by atoms with Crippen molar-refractivity contribution in [2.45, 2.75) is 6.42 Å². The molecule has 2 aromatic carbocycles. The lowest BCUT2D eigenvalue weighted by molar-refractivity contribution is 0.102. The van der Waals surface area contributed by atoms with E-state index in [4.69, 9.17) is 0 Å². The lowest BCUT2D eigenvalue weighted by Gasteiger charge is -2.08. The van der Waals surface area contributed by atoms with Crippen LogP contribution < -0.4 is 10.6 Å². The van der Waals surface area contributed by atoms with E-state index in [9.17, 15) is 9.18 Å². The van der Waals surface area contributed by atoms with Crippen LogP contribution in [-0.4, -0.2) is 22.4 Å². The van der Waals surface area contributed by atoms with E-state index in [2.05, 4.69) is 20.6 Å². The maximum Gasteiger partial charge on any atom is 0.274 e. The van der Waals surface area contributed by atoms with Gasteiger partial charge in [0.1, 0.15) is 23.7 Å². The Bertz CT molecular complexity index is 855. The number of hydrogen-bond acceptors (Lipinski definition) is 4. The molecule has 0 atom stereocenters. The zero-order chi connectivity index (χ0) is 17.5. The van der Waals surface area contributed by atoms with Crippen molar-refractivity contribution < 1.29 is 9.18 Å². The summed E-state index contributed by atoms with van der Waals surface area (Å²) >= 11 is 0. The van der Waals surface area contributed by atoms with E-state index < -0.39 is 0 Å². The number of nitrogens with zero attached hydrogens (tertiary/aromatic N) is 2. The molecule has 1 amide bonds. The van der Waals surface area contributed by atoms with Crippen molar-refractivity contribution in [1.82, 2.24) is 9.97 Å². The number of carbonyl (C=O) groups excluding carboxylic acids is 1. The first-order chi connectivity index (χ1) is 12.2. The van der Waals surface area contributed by atoms with Gasteiger partial charge in [0, 0.05) is 18.3 Å². The Morgan fingerprint density at radius 2 is 1.76 bits per heavy atom. The summed E-state index contributed by atoms with van der Waals surface area (Å²) in [7, 11) is 0. The Hall–Kier alpha value is -3.28. The molecule has 0 aliphatic rings. The first kappa shape index (κ1) is 16.6. The smallest absolute Gasteiger partial charge is 0.274 e. The highest BCUT2D eigenvalue weighted by Gasteiger charge is 2.09. The molecule has 0 bridgehead atoms. The van der Waals surface area contributed by atoms with E-state index in [0.717, 1.165) is 0 Å². The Morgan fingerprint density at radius 1 is 1.00 bits per heavy atom. The predicted molar refractivity (Wildman–Crippen MR) is 95.0 cm³/mol. The third-order valence-electron chi connectivity index (χ3n) is 3.59. The van der Waals surface area contributed by atoms with Crippen LogP contribution in [0, 0.1) is 5.82 Å². The SMILES string of the molecule is O=C(Nc1ccccc1)c1cc(NCCc2ccccc2F)ncn1. The molecule has 0 radical (unpaired) electrons. The number of anilines is 2. The normalized spacial score (nSPS) is 10.3. The van der Waals surface area contributed by atoms with Crippen molar-refractivity contribution in [3.05, 3.63) is 84.1 Å². The molecular formula is C19H17FN4O. The minimum atomic E-state index is -0.314. The molecule has 0 fully saturated rings. The van der Waals surface area contributed by atoms with Gasteiger partial charge in [0.15, 0.2) is 0 Å². The fraction of sp³-hybridized carbons (Fsp3) is 0.105. The number of halogens is 1. The van der Waals surface area contributed by atoms with Gasteiger partial charge in [-0.15, -0.1) is 0 Å². The number of rotatable bonds is 6. The van der Waals surface area contributed by atoms with Gasteiger partial charge in [-0.1, -0.05) is 36.4 Å². The van der Waals surface area contributed by atoms with Gasteiger partial charge in [0.2, 0.25) is 0 Å². The molecule has 0 saturated carbocycles. The molecule has 2 N–H and O–H groups in total. The van der Waals surface area contributed by atoms with Crippen molar-refractivity contribution >= 4 is 17.4 Å². The first-order valence-electron chi connectivity index (χ1n) is 7.88. The number of benzene rings is 2. The lowest BCUT2D eigenvalue weighted by atomic mass is 10.1. The van der Waals surface area contributed by atoms with Crippen molar-refractivity contribution in [2.75, 3.05) is 17.2 Å². The van der Waals surface area contributed by atoms with Gasteiger partial charge in [-0.05, 0) is 30.2 Å². The summed E-state index contributed by atoms with van der Waals surface area (Å²) in [6.45, 7) is 0.498. The zero-order valence-corrected chi connectivity index (χ0v) is 13.4. The van der Waals surface area contributed by atoms with Gasteiger partial charge >= 0.3 is 0 Å². The molecule has 0 spiro atoms. The minimum Gasteiger partial charge on any atom is -0.370 e. The quantitative estimate of drug-likeness (QED) is 0.723. The molecule has 0 unspecified atom stereocenters. The van der Waals surface area contributed by atoms with Crippen LogP contribution in [0.3, 0.4) is 0 Å². The fourth-order valence-electron chi connectivity index (χ4n) is 2.32. The Balaban J connectivity index is 1.59. The van der Waals surface area contributed by atoms with E-state index >= 15 is 0 Å². The van der Waals surface area contributed by atoms with Crippen LogP contribution in [0.4, 0.5) is 15.9 Å². The second-order valence-electron chi connectivity index (χ2n) is 5.38. The molecule has 0 aliphatic heterocycles. The molecule has 0 saturated heterocycles. The van der Waals surface area contributed by atoms with Crippen LogP contribution in [0.2, 0.25) is 0 Å². The van der Waals surface area contributed by atoms with Crippen LogP contribution in [0.15, 0.2) is 67.0 Å². The van der Waals surface area contributed by atoms with Crippen LogP contribution in [-0.2, 0) is 6.42 Å². The van der Waals surface area contributed by atoms with Crippen LogP contribution in [0.1, 0.15) is 16.1 Å². The number of amides is 1. The second-order valence-corrected chi connectivity index (χ2v) is 5.38. The molecule has 1 aromatic heterocycles.